The molecule has 4 aromatic carbocycles. The first-order valence-electron chi connectivity index (χ1n) is 20.2. The SMILES string of the molecule is C[C@H](CCN1CCC(NC(=O)CCCC(=O)NC2CCN(CC[C@@H](C)c3ccc(-c4ccccc4)cc3)CC2)CC1)c1ccc(-c2ccccc2)cc1. The number of nitrogens with one attached hydrogen (secondary N) is 2. The van der Waals surface area contributed by atoms with Gasteiger partial charge in [-0.25, -0.2) is 0 Å². The van der Waals surface area contributed by atoms with Crippen LogP contribution in [-0.2, 0) is 9.59 Å². The molecule has 0 bridgehead atoms. The third-order valence-corrected chi connectivity index (χ3v) is 11.6. The summed E-state index contributed by atoms with van der Waals surface area (Å²) in [6.45, 7) is 10.9. The maximum atomic E-state index is 12.7. The number of benzene rings is 4. The van der Waals surface area contributed by atoms with Gasteiger partial charge in [0.25, 0.3) is 0 Å². The van der Waals surface area contributed by atoms with Crippen LogP contribution in [0.5, 0.6) is 0 Å². The lowest BCUT2D eigenvalue weighted by molar-refractivity contribution is -0.123. The van der Waals surface area contributed by atoms with E-state index in [9.17, 15) is 9.59 Å². The quantitative estimate of drug-likeness (QED) is 0.122. The molecule has 6 rings (SSSR count). The summed E-state index contributed by atoms with van der Waals surface area (Å²) < 4.78 is 0. The highest BCUT2D eigenvalue weighted by Gasteiger charge is 2.23. The van der Waals surface area contributed by atoms with Gasteiger partial charge in [0.1, 0.15) is 0 Å². The molecule has 0 radical (unpaired) electrons. The molecular formula is C47H60N4O2. The predicted molar refractivity (Wildman–Crippen MR) is 219 cm³/mol. The highest BCUT2D eigenvalue weighted by molar-refractivity contribution is 5.79. The second kappa shape index (κ2) is 19.7. The monoisotopic (exact) mass is 712 g/mol. The zero-order valence-electron chi connectivity index (χ0n) is 32.0. The minimum absolute atomic E-state index is 0.0819. The molecule has 0 unspecified atom stereocenters. The predicted octanol–water partition coefficient (Wildman–Crippen LogP) is 9.04. The second-order valence-corrected chi connectivity index (χ2v) is 15.6. The van der Waals surface area contributed by atoms with Gasteiger partial charge in [0.15, 0.2) is 0 Å². The second-order valence-electron chi connectivity index (χ2n) is 15.6. The summed E-state index contributed by atoms with van der Waals surface area (Å²) in [4.78, 5) is 30.5. The molecule has 2 aliphatic heterocycles. The maximum absolute atomic E-state index is 12.7. The molecule has 4 aromatic rings. The number of carbonyl (C=O) groups excluding carboxylic acids is 2. The van der Waals surface area contributed by atoms with Crippen LogP contribution in [0.1, 0.15) is 94.6 Å². The van der Waals surface area contributed by atoms with E-state index in [0.29, 0.717) is 31.1 Å². The van der Waals surface area contributed by atoms with Crippen LogP contribution in [-0.4, -0.2) is 73.0 Å². The van der Waals surface area contributed by atoms with E-state index in [2.05, 4.69) is 143 Å². The van der Waals surface area contributed by atoms with Gasteiger partial charge in [-0.15, -0.1) is 0 Å². The third kappa shape index (κ3) is 11.9. The fraction of sp³-hybridized carbons (Fsp3) is 0.447. The topological polar surface area (TPSA) is 64.7 Å². The van der Waals surface area contributed by atoms with Crippen molar-refractivity contribution in [3.05, 3.63) is 120 Å². The molecule has 2 aliphatic rings. The van der Waals surface area contributed by atoms with Gasteiger partial charge in [0, 0.05) is 51.1 Å². The lowest BCUT2D eigenvalue weighted by atomic mass is 9.94. The van der Waals surface area contributed by atoms with Crippen molar-refractivity contribution in [1.82, 2.24) is 20.4 Å². The zero-order chi connectivity index (χ0) is 36.8. The Balaban J connectivity index is 0.788. The van der Waals surface area contributed by atoms with Crippen molar-refractivity contribution in [2.45, 2.75) is 95.6 Å². The molecule has 2 N–H and O–H groups in total. The number of piperidine rings is 2. The number of hydrogen-bond donors (Lipinski definition) is 2. The number of hydrogen-bond acceptors (Lipinski definition) is 4. The van der Waals surface area contributed by atoms with E-state index in [0.717, 1.165) is 77.8 Å². The van der Waals surface area contributed by atoms with Gasteiger partial charge in [-0.2, -0.15) is 0 Å². The van der Waals surface area contributed by atoms with Crippen molar-refractivity contribution in [1.29, 1.82) is 0 Å². The van der Waals surface area contributed by atoms with Crippen molar-refractivity contribution >= 4 is 11.8 Å². The van der Waals surface area contributed by atoms with Crippen molar-refractivity contribution < 1.29 is 9.59 Å². The third-order valence-electron chi connectivity index (χ3n) is 11.6. The van der Waals surface area contributed by atoms with Crippen LogP contribution in [0.3, 0.4) is 0 Å². The minimum Gasteiger partial charge on any atom is -0.353 e. The Kier molecular flexibility index (Phi) is 14.3. The molecule has 6 heteroatoms. The standard InChI is InChI=1S/C47H60N4O2/c1-36(38-16-20-42(21-17-38)40-10-5-3-6-11-40)24-30-50-32-26-44(27-33-50)48-46(52)14-9-15-47(53)49-45-28-34-51(35-29-45)31-25-37(2)39-18-22-43(23-19-39)41-12-7-4-8-13-41/h3-8,10-13,16-23,36-37,44-45H,9,14-15,24-35H2,1-2H3,(H,48,52)(H,49,53)/t36-,37-/m1/s1. The summed E-state index contributed by atoms with van der Waals surface area (Å²) in [5.41, 5.74) is 7.83. The Hall–Kier alpha value is -4.26. The molecule has 6 nitrogen and oxygen atoms in total. The Morgan fingerprint density at radius 2 is 0.868 bits per heavy atom. The molecule has 2 atom stereocenters. The van der Waals surface area contributed by atoms with E-state index in [1.54, 1.807) is 0 Å². The maximum Gasteiger partial charge on any atom is 0.220 e. The molecule has 2 amide bonds. The molecule has 0 saturated carbocycles. The molecule has 2 heterocycles. The van der Waals surface area contributed by atoms with Crippen LogP contribution >= 0.6 is 0 Å². The van der Waals surface area contributed by atoms with Crippen LogP contribution in [0, 0.1) is 0 Å². The summed E-state index contributed by atoms with van der Waals surface area (Å²) in [6, 6.07) is 39.6. The molecule has 0 spiro atoms. The highest BCUT2D eigenvalue weighted by atomic mass is 16.2. The first-order valence-corrected chi connectivity index (χ1v) is 20.2. The molecule has 2 saturated heterocycles. The average Bonchev–Trinajstić information content (AvgIpc) is 3.21. The summed E-state index contributed by atoms with van der Waals surface area (Å²) in [6.07, 6.45) is 7.67. The average molecular weight is 713 g/mol. The van der Waals surface area contributed by atoms with Crippen molar-refractivity contribution in [2.24, 2.45) is 0 Å². The normalized spacial score (nSPS) is 17.2. The van der Waals surface area contributed by atoms with Crippen LogP contribution in [0.25, 0.3) is 22.3 Å². The Morgan fingerprint density at radius 1 is 0.528 bits per heavy atom. The minimum atomic E-state index is 0.0819. The lowest BCUT2D eigenvalue weighted by Gasteiger charge is -2.33. The van der Waals surface area contributed by atoms with Gasteiger partial charge in [0.2, 0.25) is 11.8 Å². The summed E-state index contributed by atoms with van der Waals surface area (Å²) >= 11 is 0. The summed E-state index contributed by atoms with van der Waals surface area (Å²) in [5, 5.41) is 6.49. The first-order chi connectivity index (χ1) is 25.9. The van der Waals surface area contributed by atoms with Gasteiger partial charge in [-0.3, -0.25) is 9.59 Å². The number of likely N-dealkylation sites (tertiary alicyclic amines) is 2. The zero-order valence-corrected chi connectivity index (χ0v) is 32.0. The number of rotatable bonds is 16. The van der Waals surface area contributed by atoms with Gasteiger partial charge < -0.3 is 20.4 Å². The van der Waals surface area contributed by atoms with Crippen molar-refractivity contribution in [3.63, 3.8) is 0 Å². The fourth-order valence-electron chi connectivity index (χ4n) is 7.97. The number of nitrogens with zero attached hydrogens (tertiary/aromatic N) is 2. The molecule has 280 valence electrons. The van der Waals surface area contributed by atoms with E-state index < -0.39 is 0 Å². The largest absolute Gasteiger partial charge is 0.353 e. The van der Waals surface area contributed by atoms with Crippen LogP contribution in [0.15, 0.2) is 109 Å². The summed E-state index contributed by atoms with van der Waals surface area (Å²) in [5.74, 6) is 1.19. The first kappa shape index (κ1) is 38.5. The van der Waals surface area contributed by atoms with Crippen LogP contribution in [0.4, 0.5) is 0 Å². The van der Waals surface area contributed by atoms with E-state index in [-0.39, 0.29) is 23.9 Å². The van der Waals surface area contributed by atoms with E-state index in [1.165, 1.54) is 33.4 Å². The molecule has 0 aromatic heterocycles. The summed E-state index contributed by atoms with van der Waals surface area (Å²) in [7, 11) is 0. The fourth-order valence-corrected chi connectivity index (χ4v) is 7.97. The van der Waals surface area contributed by atoms with Gasteiger partial charge in [-0.05, 0) is 103 Å². The van der Waals surface area contributed by atoms with Gasteiger partial charge in [0.05, 0.1) is 0 Å². The van der Waals surface area contributed by atoms with E-state index >= 15 is 0 Å². The smallest absolute Gasteiger partial charge is 0.220 e. The van der Waals surface area contributed by atoms with Crippen LogP contribution < -0.4 is 10.6 Å². The molecule has 53 heavy (non-hydrogen) atoms. The van der Waals surface area contributed by atoms with Crippen molar-refractivity contribution in [2.75, 3.05) is 39.3 Å². The molecule has 0 aliphatic carbocycles. The molecular weight excluding hydrogens is 653 g/mol. The Morgan fingerprint density at radius 3 is 1.23 bits per heavy atom. The Bertz CT molecular complexity index is 1550. The highest BCUT2D eigenvalue weighted by Crippen LogP contribution is 2.27. The van der Waals surface area contributed by atoms with Crippen LogP contribution in [0.2, 0.25) is 0 Å². The van der Waals surface area contributed by atoms with Gasteiger partial charge >= 0.3 is 0 Å². The van der Waals surface area contributed by atoms with E-state index in [1.807, 2.05) is 0 Å². The number of amides is 2. The van der Waals surface area contributed by atoms with Crippen molar-refractivity contribution in [3.8, 4) is 22.3 Å². The van der Waals surface area contributed by atoms with E-state index in [4.69, 9.17) is 0 Å². The number of carbonyl (C=O) groups is 2. The Labute approximate surface area is 318 Å². The van der Waals surface area contributed by atoms with Gasteiger partial charge in [-0.1, -0.05) is 123 Å². The molecule has 2 fully saturated rings. The lowest BCUT2D eigenvalue weighted by Crippen LogP contribution is -2.45.